The molecule has 1 saturated heterocycles. The number of benzene rings is 2. The first-order valence-corrected chi connectivity index (χ1v) is 10.7. The number of Topliss-reactive ketones (excluding diaryl/α,β-unsaturated/α-hetero) is 1. The van der Waals surface area contributed by atoms with Gasteiger partial charge in [-0.3, -0.25) is 4.79 Å². The summed E-state index contributed by atoms with van der Waals surface area (Å²) >= 11 is 0. The number of nitrogens with one attached hydrogen (secondary N) is 1. The highest BCUT2D eigenvalue weighted by Crippen LogP contribution is 2.56. The van der Waals surface area contributed by atoms with Gasteiger partial charge in [0.1, 0.15) is 18.5 Å². The third-order valence-corrected chi connectivity index (χ3v) is 7.38. The minimum atomic E-state index is -0.268. The van der Waals surface area contributed by atoms with E-state index in [9.17, 15) is 4.79 Å². The van der Waals surface area contributed by atoms with Crippen LogP contribution in [0.5, 0.6) is 5.75 Å². The molecule has 29 heavy (non-hydrogen) atoms. The molecule has 1 saturated carbocycles. The Morgan fingerprint density at radius 1 is 1.17 bits per heavy atom. The van der Waals surface area contributed by atoms with Crippen LogP contribution in [0, 0.1) is 12.8 Å². The van der Waals surface area contributed by atoms with Gasteiger partial charge in [-0.25, -0.2) is 0 Å². The maximum absolute atomic E-state index is 13.0. The van der Waals surface area contributed by atoms with Crippen LogP contribution in [-0.2, 0) is 28.0 Å². The molecule has 4 atom stereocenters. The van der Waals surface area contributed by atoms with E-state index < -0.39 is 0 Å². The lowest BCUT2D eigenvalue weighted by Crippen LogP contribution is -2.63. The standard InChI is InChI=1S/C25H29NO3/c1-16-8-9-18-12-20-19-13-22(28-2)21(27)14-25(19,10-11-26-20)23(18)24(16)29-15-17-6-4-3-5-7-17/h3-9,19-20,22,26H,10-15H2,1-2H3/t19-,20+,22?,25-/m1/s1. The summed E-state index contributed by atoms with van der Waals surface area (Å²) in [7, 11) is 1.67. The molecule has 1 N–H and O–H groups in total. The van der Waals surface area contributed by atoms with Gasteiger partial charge < -0.3 is 14.8 Å². The van der Waals surface area contributed by atoms with Gasteiger partial charge in [0, 0.05) is 30.6 Å². The quantitative estimate of drug-likeness (QED) is 0.863. The van der Waals surface area contributed by atoms with Crippen LogP contribution in [0.4, 0.5) is 0 Å². The van der Waals surface area contributed by atoms with Gasteiger partial charge in [-0.1, -0.05) is 42.5 Å². The van der Waals surface area contributed by atoms with E-state index in [1.807, 2.05) is 18.2 Å². The zero-order chi connectivity index (χ0) is 20.0. The van der Waals surface area contributed by atoms with Crippen molar-refractivity contribution < 1.29 is 14.3 Å². The number of rotatable bonds is 4. The van der Waals surface area contributed by atoms with Crippen LogP contribution in [0.25, 0.3) is 0 Å². The second-order valence-electron chi connectivity index (χ2n) is 8.90. The zero-order valence-corrected chi connectivity index (χ0v) is 17.2. The summed E-state index contributed by atoms with van der Waals surface area (Å²) < 4.78 is 12.0. The van der Waals surface area contributed by atoms with Crippen molar-refractivity contribution >= 4 is 5.78 Å². The van der Waals surface area contributed by atoms with Crippen molar-refractivity contribution in [2.24, 2.45) is 5.92 Å². The normalized spacial score (nSPS) is 30.4. The van der Waals surface area contributed by atoms with Crippen LogP contribution in [0.1, 0.15) is 41.5 Å². The molecule has 0 spiro atoms. The molecule has 0 radical (unpaired) electrons. The van der Waals surface area contributed by atoms with E-state index in [-0.39, 0.29) is 17.3 Å². The van der Waals surface area contributed by atoms with Gasteiger partial charge >= 0.3 is 0 Å². The van der Waals surface area contributed by atoms with Crippen molar-refractivity contribution in [3.8, 4) is 5.75 Å². The van der Waals surface area contributed by atoms with Gasteiger partial charge in [-0.2, -0.15) is 0 Å². The number of carbonyl (C=O) groups is 1. The molecule has 2 fully saturated rings. The number of hydrogen-bond acceptors (Lipinski definition) is 4. The molecular weight excluding hydrogens is 362 g/mol. The number of piperidine rings is 1. The van der Waals surface area contributed by atoms with Crippen LogP contribution in [0.2, 0.25) is 0 Å². The van der Waals surface area contributed by atoms with Gasteiger partial charge in [0.05, 0.1) is 0 Å². The Bertz CT molecular complexity index is 925. The van der Waals surface area contributed by atoms with E-state index in [2.05, 4.69) is 36.5 Å². The number of hydrogen-bond donors (Lipinski definition) is 1. The maximum atomic E-state index is 13.0. The summed E-state index contributed by atoms with van der Waals surface area (Å²) in [6, 6.07) is 15.1. The molecule has 2 aromatic carbocycles. The molecule has 4 heteroatoms. The Balaban J connectivity index is 1.59. The lowest BCUT2D eigenvalue weighted by atomic mass is 9.51. The van der Waals surface area contributed by atoms with Crippen LogP contribution < -0.4 is 10.1 Å². The fourth-order valence-electron chi connectivity index (χ4n) is 6.03. The highest BCUT2D eigenvalue weighted by atomic mass is 16.5. The number of methoxy groups -OCH3 is 1. The van der Waals surface area contributed by atoms with E-state index in [1.165, 1.54) is 11.1 Å². The minimum absolute atomic E-state index is 0.131. The lowest BCUT2D eigenvalue weighted by molar-refractivity contribution is -0.139. The molecule has 2 aromatic rings. The molecule has 4 nitrogen and oxygen atoms in total. The predicted octanol–water partition coefficient (Wildman–Crippen LogP) is 3.72. The van der Waals surface area contributed by atoms with Crippen LogP contribution >= 0.6 is 0 Å². The summed E-state index contributed by atoms with van der Waals surface area (Å²) in [6.07, 6.45) is 3.07. The average molecular weight is 392 g/mol. The Morgan fingerprint density at radius 3 is 2.79 bits per heavy atom. The van der Waals surface area contributed by atoms with Crippen LogP contribution in [0.15, 0.2) is 42.5 Å². The minimum Gasteiger partial charge on any atom is -0.488 e. The molecule has 1 heterocycles. The second-order valence-corrected chi connectivity index (χ2v) is 8.90. The van der Waals surface area contributed by atoms with E-state index in [1.54, 1.807) is 7.11 Å². The van der Waals surface area contributed by atoms with Gasteiger partial charge in [-0.05, 0) is 55.3 Å². The topological polar surface area (TPSA) is 47.6 Å². The first-order valence-electron chi connectivity index (χ1n) is 10.7. The largest absolute Gasteiger partial charge is 0.488 e. The molecule has 1 aliphatic heterocycles. The summed E-state index contributed by atoms with van der Waals surface area (Å²) in [5.74, 6) is 1.65. The fourth-order valence-corrected chi connectivity index (χ4v) is 6.03. The summed E-state index contributed by atoms with van der Waals surface area (Å²) in [6.45, 7) is 3.63. The Hall–Kier alpha value is -2.17. The van der Waals surface area contributed by atoms with Crippen molar-refractivity contribution in [2.45, 2.75) is 56.8 Å². The molecule has 2 aliphatic carbocycles. The third-order valence-electron chi connectivity index (χ3n) is 7.38. The molecule has 5 rings (SSSR count). The van der Waals surface area contributed by atoms with Crippen molar-refractivity contribution in [3.05, 3.63) is 64.7 Å². The van der Waals surface area contributed by atoms with Gasteiger partial charge in [-0.15, -0.1) is 0 Å². The highest BCUT2D eigenvalue weighted by Gasteiger charge is 2.57. The van der Waals surface area contributed by atoms with Gasteiger partial charge in [0.25, 0.3) is 0 Å². The van der Waals surface area contributed by atoms with Crippen LogP contribution in [-0.4, -0.2) is 31.6 Å². The maximum Gasteiger partial charge on any atom is 0.162 e. The monoisotopic (exact) mass is 391 g/mol. The number of aryl methyl sites for hydroxylation is 1. The highest BCUT2D eigenvalue weighted by molar-refractivity contribution is 5.86. The first kappa shape index (κ1) is 18.8. The van der Waals surface area contributed by atoms with Crippen molar-refractivity contribution in [3.63, 3.8) is 0 Å². The van der Waals surface area contributed by atoms with E-state index >= 15 is 0 Å². The SMILES string of the molecule is COC1C[C@@H]2[C@@H]3Cc4ccc(C)c(OCc5ccccc5)c4[C@]2(CCN3)CC1=O. The third kappa shape index (κ3) is 3.01. The number of carbonyl (C=O) groups excluding carboxylic acids is 1. The molecule has 152 valence electrons. The molecule has 3 aliphatic rings. The molecule has 2 bridgehead atoms. The van der Waals surface area contributed by atoms with E-state index in [4.69, 9.17) is 9.47 Å². The average Bonchev–Trinajstić information content (AvgIpc) is 2.73. The zero-order valence-electron chi connectivity index (χ0n) is 17.2. The number of ether oxygens (including phenoxy) is 2. The smallest absolute Gasteiger partial charge is 0.162 e. The summed E-state index contributed by atoms with van der Waals surface area (Å²) in [4.78, 5) is 13.0. The summed E-state index contributed by atoms with van der Waals surface area (Å²) in [5, 5.41) is 3.73. The fraction of sp³-hybridized carbons (Fsp3) is 0.480. The Morgan fingerprint density at radius 2 is 2.00 bits per heavy atom. The molecular formula is C25H29NO3. The first-order chi connectivity index (χ1) is 14.1. The number of fused-ring (bicyclic) bond motifs is 1. The Kier molecular flexibility index (Phi) is 4.72. The van der Waals surface area contributed by atoms with Gasteiger partial charge in [0.15, 0.2) is 5.78 Å². The Labute approximate surface area is 172 Å². The summed E-state index contributed by atoms with van der Waals surface area (Å²) in [5.41, 5.74) is 4.84. The predicted molar refractivity (Wildman–Crippen MR) is 112 cm³/mol. The molecule has 0 aromatic heterocycles. The number of ketones is 1. The van der Waals surface area contributed by atoms with Crippen molar-refractivity contribution in [1.82, 2.24) is 5.32 Å². The van der Waals surface area contributed by atoms with Crippen molar-refractivity contribution in [1.29, 1.82) is 0 Å². The van der Waals surface area contributed by atoms with Gasteiger partial charge in [0.2, 0.25) is 0 Å². The van der Waals surface area contributed by atoms with Crippen molar-refractivity contribution in [2.75, 3.05) is 13.7 Å². The molecule has 0 amide bonds. The van der Waals surface area contributed by atoms with E-state index in [0.717, 1.165) is 42.7 Å². The van der Waals surface area contributed by atoms with E-state index in [0.29, 0.717) is 25.0 Å². The van der Waals surface area contributed by atoms with Crippen LogP contribution in [0.3, 0.4) is 0 Å². The molecule has 1 unspecified atom stereocenters. The lowest BCUT2D eigenvalue weighted by Gasteiger charge is -2.56. The second kappa shape index (κ2) is 7.26.